The molecule has 3 aromatic carbocycles. The minimum absolute atomic E-state index is 0.610. The Morgan fingerprint density at radius 2 is 0.750 bits per heavy atom. The summed E-state index contributed by atoms with van der Waals surface area (Å²) in [5, 5.41) is 6.96. The van der Waals surface area contributed by atoms with E-state index in [-0.39, 0.29) is 0 Å². The van der Waals surface area contributed by atoms with Crippen LogP contribution in [0.1, 0.15) is 63.5 Å². The molecule has 2 heteroatoms. The van der Waals surface area contributed by atoms with Gasteiger partial charge in [-0.05, 0) is 84.3 Å². The van der Waals surface area contributed by atoms with Gasteiger partial charge in [0.15, 0.2) is 0 Å². The van der Waals surface area contributed by atoms with Crippen LogP contribution in [0.3, 0.4) is 0 Å². The van der Waals surface area contributed by atoms with E-state index in [1.807, 2.05) is 0 Å². The zero-order valence-corrected chi connectivity index (χ0v) is 17.5. The second-order valence-electron chi connectivity index (χ2n) is 7.69. The fraction of sp³-hybridized carbons (Fsp3) is 0.308. The maximum absolute atomic E-state index is 3.48. The number of benzene rings is 3. The van der Waals surface area contributed by atoms with Gasteiger partial charge in [-0.15, -0.1) is 0 Å². The molecule has 0 aliphatic heterocycles. The van der Waals surface area contributed by atoms with Crippen LogP contribution in [0.15, 0.2) is 72.8 Å². The molecular formula is C26H32N2. The molecule has 28 heavy (non-hydrogen) atoms. The SMILES string of the molecule is CCC(C)c1ccc(Nc2ccc(Nc3ccc(C(C)CC)cc3)cc2)cc1. The number of hydrogen-bond acceptors (Lipinski definition) is 2. The highest BCUT2D eigenvalue weighted by atomic mass is 14.9. The van der Waals surface area contributed by atoms with Gasteiger partial charge in [0.1, 0.15) is 0 Å². The quantitative estimate of drug-likeness (QED) is 0.416. The van der Waals surface area contributed by atoms with Crippen molar-refractivity contribution in [2.24, 2.45) is 0 Å². The van der Waals surface area contributed by atoms with Gasteiger partial charge >= 0.3 is 0 Å². The Morgan fingerprint density at radius 1 is 0.500 bits per heavy atom. The molecule has 0 radical (unpaired) electrons. The highest BCUT2D eigenvalue weighted by Crippen LogP contribution is 2.25. The maximum Gasteiger partial charge on any atom is 0.0385 e. The van der Waals surface area contributed by atoms with Crippen LogP contribution >= 0.6 is 0 Å². The first kappa shape index (κ1) is 20.0. The van der Waals surface area contributed by atoms with E-state index in [0.29, 0.717) is 11.8 Å². The molecule has 0 aliphatic carbocycles. The van der Waals surface area contributed by atoms with E-state index in [2.05, 4.69) is 111 Å². The fourth-order valence-electron chi connectivity index (χ4n) is 3.23. The standard InChI is InChI=1S/C26H32N2/c1-5-19(3)21-7-11-23(12-8-21)27-25-15-17-26(18-16-25)28-24-13-9-22(10-14-24)20(4)6-2/h7-20,27-28H,5-6H2,1-4H3. The van der Waals surface area contributed by atoms with Crippen LogP contribution in [-0.4, -0.2) is 0 Å². The van der Waals surface area contributed by atoms with E-state index in [1.54, 1.807) is 0 Å². The zero-order chi connectivity index (χ0) is 19.9. The summed E-state index contributed by atoms with van der Waals surface area (Å²) in [6.45, 7) is 9.00. The van der Waals surface area contributed by atoms with Crippen LogP contribution in [0, 0.1) is 0 Å². The Labute approximate surface area is 170 Å². The van der Waals surface area contributed by atoms with Crippen molar-refractivity contribution in [3.8, 4) is 0 Å². The molecule has 2 atom stereocenters. The lowest BCUT2D eigenvalue weighted by Gasteiger charge is -2.13. The number of rotatable bonds is 8. The minimum Gasteiger partial charge on any atom is -0.356 e. The molecule has 0 saturated carbocycles. The van der Waals surface area contributed by atoms with E-state index in [9.17, 15) is 0 Å². The van der Waals surface area contributed by atoms with Crippen molar-refractivity contribution in [1.29, 1.82) is 0 Å². The smallest absolute Gasteiger partial charge is 0.0385 e. The first-order valence-corrected chi connectivity index (χ1v) is 10.4. The van der Waals surface area contributed by atoms with Gasteiger partial charge in [0.2, 0.25) is 0 Å². The third kappa shape index (κ3) is 5.16. The topological polar surface area (TPSA) is 24.1 Å². The predicted octanol–water partition coefficient (Wildman–Crippen LogP) is 8.20. The van der Waals surface area contributed by atoms with E-state index < -0.39 is 0 Å². The molecule has 0 bridgehead atoms. The summed E-state index contributed by atoms with van der Waals surface area (Å²) >= 11 is 0. The van der Waals surface area contributed by atoms with Crippen LogP contribution in [0.4, 0.5) is 22.7 Å². The average molecular weight is 373 g/mol. The molecule has 2 N–H and O–H groups in total. The monoisotopic (exact) mass is 372 g/mol. The molecule has 2 nitrogen and oxygen atoms in total. The Kier molecular flexibility index (Phi) is 6.76. The van der Waals surface area contributed by atoms with E-state index in [0.717, 1.165) is 22.7 Å². The van der Waals surface area contributed by atoms with Gasteiger partial charge in [0.25, 0.3) is 0 Å². The number of anilines is 4. The van der Waals surface area contributed by atoms with Crippen LogP contribution in [0.2, 0.25) is 0 Å². The molecule has 0 saturated heterocycles. The molecule has 0 amide bonds. The van der Waals surface area contributed by atoms with Crippen LogP contribution in [-0.2, 0) is 0 Å². The molecular weight excluding hydrogens is 340 g/mol. The largest absolute Gasteiger partial charge is 0.356 e. The minimum atomic E-state index is 0.610. The van der Waals surface area contributed by atoms with Crippen molar-refractivity contribution < 1.29 is 0 Å². The van der Waals surface area contributed by atoms with Gasteiger partial charge in [-0.1, -0.05) is 52.0 Å². The van der Waals surface area contributed by atoms with Crippen LogP contribution in [0.5, 0.6) is 0 Å². The fourth-order valence-corrected chi connectivity index (χ4v) is 3.23. The lowest BCUT2D eigenvalue weighted by atomic mass is 9.98. The van der Waals surface area contributed by atoms with E-state index in [4.69, 9.17) is 0 Å². The van der Waals surface area contributed by atoms with Crippen molar-refractivity contribution in [3.63, 3.8) is 0 Å². The molecule has 3 rings (SSSR count). The third-order valence-corrected chi connectivity index (χ3v) is 5.65. The second kappa shape index (κ2) is 9.45. The molecule has 0 fully saturated rings. The Hall–Kier alpha value is -2.74. The van der Waals surface area contributed by atoms with Crippen molar-refractivity contribution >= 4 is 22.7 Å². The summed E-state index contributed by atoms with van der Waals surface area (Å²) < 4.78 is 0. The van der Waals surface area contributed by atoms with Gasteiger partial charge in [-0.2, -0.15) is 0 Å². The molecule has 3 aromatic rings. The van der Waals surface area contributed by atoms with Crippen LogP contribution < -0.4 is 10.6 Å². The highest BCUT2D eigenvalue weighted by Gasteiger charge is 2.04. The summed E-state index contributed by atoms with van der Waals surface area (Å²) in [5.74, 6) is 1.22. The average Bonchev–Trinajstić information content (AvgIpc) is 2.75. The van der Waals surface area contributed by atoms with Crippen molar-refractivity contribution in [2.75, 3.05) is 10.6 Å². The van der Waals surface area contributed by atoms with E-state index >= 15 is 0 Å². The first-order chi connectivity index (χ1) is 13.6. The molecule has 0 aliphatic rings. The summed E-state index contributed by atoms with van der Waals surface area (Å²) in [6.07, 6.45) is 2.34. The third-order valence-electron chi connectivity index (χ3n) is 5.65. The molecule has 146 valence electrons. The second-order valence-corrected chi connectivity index (χ2v) is 7.69. The van der Waals surface area contributed by atoms with Gasteiger partial charge in [-0.3, -0.25) is 0 Å². The Morgan fingerprint density at radius 3 is 1.00 bits per heavy atom. The van der Waals surface area contributed by atoms with Crippen molar-refractivity contribution in [3.05, 3.63) is 83.9 Å². The van der Waals surface area contributed by atoms with Gasteiger partial charge < -0.3 is 10.6 Å². The molecule has 0 spiro atoms. The number of hydrogen-bond donors (Lipinski definition) is 2. The maximum atomic E-state index is 3.48. The zero-order valence-electron chi connectivity index (χ0n) is 17.5. The normalized spacial score (nSPS) is 13.0. The van der Waals surface area contributed by atoms with Gasteiger partial charge in [-0.25, -0.2) is 0 Å². The van der Waals surface area contributed by atoms with Crippen LogP contribution in [0.25, 0.3) is 0 Å². The lowest BCUT2D eigenvalue weighted by molar-refractivity contribution is 0.734. The molecule has 2 unspecified atom stereocenters. The summed E-state index contributed by atoms with van der Waals surface area (Å²) in [7, 11) is 0. The van der Waals surface area contributed by atoms with Crippen molar-refractivity contribution in [1.82, 2.24) is 0 Å². The lowest BCUT2D eigenvalue weighted by Crippen LogP contribution is -1.95. The Balaban J connectivity index is 1.60. The van der Waals surface area contributed by atoms with Gasteiger partial charge in [0, 0.05) is 22.7 Å². The summed E-state index contributed by atoms with van der Waals surface area (Å²) in [4.78, 5) is 0. The highest BCUT2D eigenvalue weighted by molar-refractivity contribution is 5.66. The summed E-state index contributed by atoms with van der Waals surface area (Å²) in [6, 6.07) is 25.9. The first-order valence-electron chi connectivity index (χ1n) is 10.4. The van der Waals surface area contributed by atoms with Gasteiger partial charge in [0.05, 0.1) is 0 Å². The van der Waals surface area contributed by atoms with Crippen molar-refractivity contribution in [2.45, 2.75) is 52.4 Å². The summed E-state index contributed by atoms with van der Waals surface area (Å²) in [5.41, 5.74) is 7.21. The van der Waals surface area contributed by atoms with E-state index in [1.165, 1.54) is 24.0 Å². The Bertz CT molecular complexity index is 774. The molecule has 0 heterocycles. The predicted molar refractivity (Wildman–Crippen MR) is 123 cm³/mol. The molecule has 0 aromatic heterocycles. The number of nitrogens with one attached hydrogen (secondary N) is 2.